The zero-order chi connectivity index (χ0) is 17.8. The van der Waals surface area contributed by atoms with Crippen molar-refractivity contribution < 1.29 is 9.53 Å². The van der Waals surface area contributed by atoms with E-state index in [4.69, 9.17) is 4.74 Å². The molecule has 0 aliphatic rings. The van der Waals surface area contributed by atoms with E-state index in [0.717, 1.165) is 22.2 Å². The fraction of sp³-hybridized carbons (Fsp3) is 0.0952. The Labute approximate surface area is 150 Å². The van der Waals surface area contributed by atoms with Crippen LogP contribution >= 0.6 is 0 Å². The number of benzene rings is 3. The minimum absolute atomic E-state index is 0.270. The smallest absolute Gasteiger partial charge is 0.338 e. The van der Waals surface area contributed by atoms with Crippen LogP contribution < -0.4 is 0 Å². The van der Waals surface area contributed by atoms with E-state index < -0.39 is 0 Å². The molecule has 1 aromatic heterocycles. The van der Waals surface area contributed by atoms with Crippen molar-refractivity contribution in [2.75, 3.05) is 0 Å². The highest BCUT2D eigenvalue weighted by atomic mass is 16.5. The number of esters is 1. The Balaban J connectivity index is 1.42. The maximum Gasteiger partial charge on any atom is 0.338 e. The molecule has 0 aliphatic heterocycles. The van der Waals surface area contributed by atoms with Crippen molar-refractivity contribution in [2.45, 2.75) is 13.2 Å². The monoisotopic (exact) mass is 343 g/mol. The lowest BCUT2D eigenvalue weighted by molar-refractivity contribution is 0.0472. The molecule has 128 valence electrons. The summed E-state index contributed by atoms with van der Waals surface area (Å²) in [5.74, 6) is -0.327. The van der Waals surface area contributed by atoms with Crippen LogP contribution in [0.2, 0.25) is 0 Å². The molecule has 0 bridgehead atoms. The van der Waals surface area contributed by atoms with Crippen molar-refractivity contribution in [3.8, 4) is 0 Å². The standard InChI is InChI=1S/C21H17N3O2/c25-21(26-15-17-6-2-1-3-7-17)18-12-10-16(11-13-18)14-24-20-9-5-4-8-19(20)22-23-24/h1-13H,14-15H2. The number of aromatic nitrogens is 3. The number of para-hydroxylation sites is 1. The first kappa shape index (κ1) is 16.0. The highest BCUT2D eigenvalue weighted by Gasteiger charge is 2.09. The summed E-state index contributed by atoms with van der Waals surface area (Å²) in [6.07, 6.45) is 0. The fourth-order valence-corrected chi connectivity index (χ4v) is 2.76. The van der Waals surface area contributed by atoms with E-state index in [1.54, 1.807) is 12.1 Å². The number of rotatable bonds is 5. The molecule has 0 N–H and O–H groups in total. The first-order valence-electron chi connectivity index (χ1n) is 8.38. The fourth-order valence-electron chi connectivity index (χ4n) is 2.76. The van der Waals surface area contributed by atoms with Crippen LogP contribution in [0.1, 0.15) is 21.5 Å². The number of ether oxygens (including phenoxy) is 1. The van der Waals surface area contributed by atoms with Gasteiger partial charge < -0.3 is 4.74 Å². The molecule has 3 aromatic carbocycles. The van der Waals surface area contributed by atoms with Gasteiger partial charge in [-0.3, -0.25) is 0 Å². The third-order valence-corrected chi connectivity index (χ3v) is 4.15. The predicted molar refractivity (Wildman–Crippen MR) is 98.6 cm³/mol. The molecule has 0 saturated carbocycles. The number of nitrogens with zero attached hydrogens (tertiary/aromatic N) is 3. The van der Waals surface area contributed by atoms with Gasteiger partial charge in [-0.15, -0.1) is 5.10 Å². The number of fused-ring (bicyclic) bond motifs is 1. The molecule has 0 fully saturated rings. The van der Waals surface area contributed by atoms with E-state index in [1.807, 2.05) is 71.4 Å². The maximum absolute atomic E-state index is 12.2. The van der Waals surface area contributed by atoms with Crippen LogP contribution in [0.15, 0.2) is 78.9 Å². The van der Waals surface area contributed by atoms with Crippen LogP contribution in [0.3, 0.4) is 0 Å². The number of hydrogen-bond donors (Lipinski definition) is 0. The van der Waals surface area contributed by atoms with Crippen LogP contribution in [0, 0.1) is 0 Å². The van der Waals surface area contributed by atoms with Gasteiger partial charge in [-0.25, -0.2) is 9.48 Å². The van der Waals surface area contributed by atoms with Gasteiger partial charge in [0.15, 0.2) is 0 Å². The minimum atomic E-state index is -0.327. The van der Waals surface area contributed by atoms with Crippen molar-refractivity contribution in [1.82, 2.24) is 15.0 Å². The quantitative estimate of drug-likeness (QED) is 0.517. The van der Waals surface area contributed by atoms with Gasteiger partial charge in [-0.05, 0) is 35.4 Å². The summed E-state index contributed by atoms with van der Waals surface area (Å²) in [7, 11) is 0. The van der Waals surface area contributed by atoms with Crippen LogP contribution in [-0.2, 0) is 17.9 Å². The Morgan fingerprint density at radius 2 is 1.58 bits per heavy atom. The third kappa shape index (κ3) is 3.47. The van der Waals surface area contributed by atoms with E-state index in [1.165, 1.54) is 0 Å². The molecular formula is C21H17N3O2. The average Bonchev–Trinajstić information content (AvgIpc) is 3.10. The second-order valence-corrected chi connectivity index (χ2v) is 5.99. The van der Waals surface area contributed by atoms with Crippen LogP contribution in [0.4, 0.5) is 0 Å². The Hall–Kier alpha value is -3.47. The second kappa shape index (κ2) is 7.19. The lowest BCUT2D eigenvalue weighted by Gasteiger charge is -2.06. The molecule has 0 amide bonds. The molecule has 4 aromatic rings. The van der Waals surface area contributed by atoms with Crippen molar-refractivity contribution in [1.29, 1.82) is 0 Å². The van der Waals surface area contributed by atoms with Gasteiger partial charge in [0, 0.05) is 0 Å². The molecule has 4 rings (SSSR count). The highest BCUT2D eigenvalue weighted by molar-refractivity contribution is 5.89. The Kier molecular flexibility index (Phi) is 4.43. The first-order valence-corrected chi connectivity index (χ1v) is 8.38. The number of hydrogen-bond acceptors (Lipinski definition) is 4. The van der Waals surface area contributed by atoms with Crippen LogP contribution in [-0.4, -0.2) is 21.0 Å². The summed E-state index contributed by atoms with van der Waals surface area (Å²) in [5, 5.41) is 8.34. The molecule has 0 spiro atoms. The number of carbonyl (C=O) groups excluding carboxylic acids is 1. The summed E-state index contributed by atoms with van der Waals surface area (Å²) in [6, 6.07) is 24.9. The zero-order valence-electron chi connectivity index (χ0n) is 14.1. The normalized spacial score (nSPS) is 10.8. The lowest BCUT2D eigenvalue weighted by Crippen LogP contribution is -2.06. The van der Waals surface area contributed by atoms with Gasteiger partial charge in [-0.1, -0.05) is 59.8 Å². The van der Waals surface area contributed by atoms with Crippen molar-refractivity contribution in [2.24, 2.45) is 0 Å². The summed E-state index contributed by atoms with van der Waals surface area (Å²) in [4.78, 5) is 12.2. The van der Waals surface area contributed by atoms with Crippen molar-refractivity contribution in [3.05, 3.63) is 95.6 Å². The van der Waals surface area contributed by atoms with Crippen LogP contribution in [0.25, 0.3) is 11.0 Å². The zero-order valence-corrected chi connectivity index (χ0v) is 14.1. The topological polar surface area (TPSA) is 57.0 Å². The summed E-state index contributed by atoms with van der Waals surface area (Å²) in [5.41, 5.74) is 4.40. The van der Waals surface area contributed by atoms with Crippen molar-refractivity contribution in [3.63, 3.8) is 0 Å². The van der Waals surface area contributed by atoms with Crippen molar-refractivity contribution >= 4 is 17.0 Å². The van der Waals surface area contributed by atoms with E-state index in [9.17, 15) is 4.79 Å². The summed E-state index contributed by atoms with van der Waals surface area (Å²) >= 11 is 0. The Morgan fingerprint density at radius 3 is 2.38 bits per heavy atom. The van der Waals surface area contributed by atoms with E-state index in [-0.39, 0.29) is 12.6 Å². The van der Waals surface area contributed by atoms with Gasteiger partial charge >= 0.3 is 5.97 Å². The Morgan fingerprint density at radius 1 is 0.846 bits per heavy atom. The largest absolute Gasteiger partial charge is 0.457 e. The SMILES string of the molecule is O=C(OCc1ccccc1)c1ccc(Cn2nnc3ccccc32)cc1. The van der Waals surface area contributed by atoms with E-state index in [2.05, 4.69) is 10.3 Å². The molecule has 5 heteroatoms. The molecule has 26 heavy (non-hydrogen) atoms. The molecule has 0 radical (unpaired) electrons. The first-order chi connectivity index (χ1) is 12.8. The molecule has 5 nitrogen and oxygen atoms in total. The summed E-state index contributed by atoms with van der Waals surface area (Å²) < 4.78 is 7.20. The van der Waals surface area contributed by atoms with E-state index >= 15 is 0 Å². The predicted octanol–water partition coefficient (Wildman–Crippen LogP) is 3.84. The average molecular weight is 343 g/mol. The minimum Gasteiger partial charge on any atom is -0.457 e. The lowest BCUT2D eigenvalue weighted by atomic mass is 10.1. The third-order valence-electron chi connectivity index (χ3n) is 4.15. The van der Waals surface area contributed by atoms with Crippen LogP contribution in [0.5, 0.6) is 0 Å². The molecule has 0 aliphatic carbocycles. The van der Waals surface area contributed by atoms with Gasteiger partial charge in [0.1, 0.15) is 12.1 Å². The summed E-state index contributed by atoms with van der Waals surface area (Å²) in [6.45, 7) is 0.867. The molecule has 0 saturated heterocycles. The number of carbonyl (C=O) groups is 1. The van der Waals surface area contributed by atoms with Gasteiger partial charge in [0.2, 0.25) is 0 Å². The van der Waals surface area contributed by atoms with E-state index in [0.29, 0.717) is 12.1 Å². The molecule has 1 heterocycles. The molecule has 0 atom stereocenters. The Bertz CT molecular complexity index is 1020. The molecule has 0 unspecified atom stereocenters. The van der Waals surface area contributed by atoms with Gasteiger partial charge in [0.25, 0.3) is 0 Å². The van der Waals surface area contributed by atoms with Gasteiger partial charge in [-0.2, -0.15) is 0 Å². The molecular weight excluding hydrogens is 326 g/mol. The highest BCUT2D eigenvalue weighted by Crippen LogP contribution is 2.13. The van der Waals surface area contributed by atoms with Gasteiger partial charge in [0.05, 0.1) is 17.6 Å². The second-order valence-electron chi connectivity index (χ2n) is 5.99. The maximum atomic E-state index is 12.2.